The predicted molar refractivity (Wildman–Crippen MR) is 101 cm³/mol. The largest absolute Gasteiger partial charge is 0.481 e. The van der Waals surface area contributed by atoms with Gasteiger partial charge in [0, 0.05) is 6.54 Å². The molecule has 0 fully saturated rings. The molecule has 2 amide bonds. The van der Waals surface area contributed by atoms with E-state index in [4.69, 9.17) is 27.4 Å². The zero-order chi connectivity index (χ0) is 21.9. The SMILES string of the molecule is CC(C)C[C@H](NC(=O)[C@@H](N)CCCN=C(N)N)C(=O)N[C@@H](CC(=O)O)C(=O)O. The van der Waals surface area contributed by atoms with Crippen LogP contribution in [-0.2, 0) is 19.2 Å². The Morgan fingerprint density at radius 1 is 1.00 bits per heavy atom. The van der Waals surface area contributed by atoms with E-state index in [0.717, 1.165) is 0 Å². The quantitative estimate of drug-likeness (QED) is 0.102. The third-order valence-electron chi connectivity index (χ3n) is 3.64. The van der Waals surface area contributed by atoms with Gasteiger partial charge in [0.2, 0.25) is 11.8 Å². The third-order valence-corrected chi connectivity index (χ3v) is 3.64. The van der Waals surface area contributed by atoms with Crippen LogP contribution in [0, 0.1) is 5.92 Å². The van der Waals surface area contributed by atoms with E-state index in [0.29, 0.717) is 13.0 Å². The molecule has 0 aliphatic heterocycles. The minimum atomic E-state index is -1.61. The molecule has 0 bridgehead atoms. The Balaban J connectivity index is 4.93. The van der Waals surface area contributed by atoms with Gasteiger partial charge in [-0.25, -0.2) is 4.79 Å². The van der Waals surface area contributed by atoms with Crippen molar-refractivity contribution in [1.29, 1.82) is 0 Å². The lowest BCUT2D eigenvalue weighted by Crippen LogP contribution is -2.55. The fourth-order valence-electron chi connectivity index (χ4n) is 2.28. The number of carbonyl (C=O) groups is 4. The molecule has 0 spiro atoms. The molecule has 0 saturated heterocycles. The maximum absolute atomic E-state index is 12.4. The molecular weight excluding hydrogens is 372 g/mol. The van der Waals surface area contributed by atoms with Crippen molar-refractivity contribution in [3.05, 3.63) is 0 Å². The summed E-state index contributed by atoms with van der Waals surface area (Å²) in [6.45, 7) is 3.93. The van der Waals surface area contributed by atoms with Crippen molar-refractivity contribution in [2.24, 2.45) is 28.1 Å². The smallest absolute Gasteiger partial charge is 0.326 e. The number of carbonyl (C=O) groups excluding carboxylic acids is 2. The molecule has 12 heteroatoms. The number of guanidine groups is 1. The molecule has 0 saturated carbocycles. The Hall–Kier alpha value is -2.89. The highest BCUT2D eigenvalue weighted by Gasteiger charge is 2.29. The van der Waals surface area contributed by atoms with Gasteiger partial charge in [0.15, 0.2) is 5.96 Å². The molecule has 0 aliphatic rings. The number of rotatable bonds is 13. The van der Waals surface area contributed by atoms with Crippen LogP contribution in [0.1, 0.15) is 39.5 Å². The maximum Gasteiger partial charge on any atom is 0.326 e. The van der Waals surface area contributed by atoms with Crippen LogP contribution in [0.2, 0.25) is 0 Å². The summed E-state index contributed by atoms with van der Waals surface area (Å²) in [5.41, 5.74) is 16.2. The number of amides is 2. The lowest BCUT2D eigenvalue weighted by molar-refractivity contribution is -0.147. The van der Waals surface area contributed by atoms with Crippen LogP contribution in [0.15, 0.2) is 4.99 Å². The molecule has 3 atom stereocenters. The lowest BCUT2D eigenvalue weighted by Gasteiger charge is -2.23. The second-order valence-electron chi connectivity index (χ2n) is 6.74. The van der Waals surface area contributed by atoms with E-state index >= 15 is 0 Å². The average Bonchev–Trinajstić information content (AvgIpc) is 2.55. The molecule has 12 nitrogen and oxygen atoms in total. The molecule has 160 valence electrons. The first-order valence-corrected chi connectivity index (χ1v) is 8.80. The van der Waals surface area contributed by atoms with E-state index in [1.165, 1.54) is 0 Å². The van der Waals surface area contributed by atoms with E-state index in [-0.39, 0.29) is 24.7 Å². The normalized spacial score (nSPS) is 13.9. The molecule has 0 aromatic carbocycles. The molecule has 0 radical (unpaired) electrons. The van der Waals surface area contributed by atoms with Crippen LogP contribution in [0.4, 0.5) is 0 Å². The molecule has 10 N–H and O–H groups in total. The summed E-state index contributed by atoms with van der Waals surface area (Å²) < 4.78 is 0. The van der Waals surface area contributed by atoms with Gasteiger partial charge in [-0.2, -0.15) is 0 Å². The van der Waals surface area contributed by atoms with Crippen molar-refractivity contribution in [2.75, 3.05) is 6.54 Å². The summed E-state index contributed by atoms with van der Waals surface area (Å²) in [5.74, 6) is -4.31. The van der Waals surface area contributed by atoms with Gasteiger partial charge in [-0.15, -0.1) is 0 Å². The Bertz CT molecular complexity index is 590. The van der Waals surface area contributed by atoms with Crippen LogP contribution in [0.5, 0.6) is 0 Å². The average molecular weight is 402 g/mol. The molecule has 0 heterocycles. The highest BCUT2D eigenvalue weighted by atomic mass is 16.4. The highest BCUT2D eigenvalue weighted by molar-refractivity contribution is 5.92. The zero-order valence-corrected chi connectivity index (χ0v) is 16.1. The first kappa shape index (κ1) is 25.1. The van der Waals surface area contributed by atoms with Gasteiger partial charge >= 0.3 is 11.9 Å². The van der Waals surface area contributed by atoms with Crippen LogP contribution in [-0.4, -0.2) is 64.6 Å². The molecule has 0 unspecified atom stereocenters. The topological polar surface area (TPSA) is 223 Å². The fraction of sp³-hybridized carbons (Fsp3) is 0.688. The second kappa shape index (κ2) is 12.5. The van der Waals surface area contributed by atoms with Crippen molar-refractivity contribution < 1.29 is 29.4 Å². The van der Waals surface area contributed by atoms with Gasteiger partial charge in [-0.1, -0.05) is 13.8 Å². The molecule has 28 heavy (non-hydrogen) atoms. The van der Waals surface area contributed by atoms with Crippen molar-refractivity contribution in [2.45, 2.75) is 57.7 Å². The Kier molecular flexibility index (Phi) is 11.2. The van der Waals surface area contributed by atoms with E-state index < -0.39 is 48.3 Å². The Labute approximate surface area is 162 Å². The monoisotopic (exact) mass is 402 g/mol. The number of hydrogen-bond acceptors (Lipinski definition) is 6. The first-order valence-electron chi connectivity index (χ1n) is 8.80. The van der Waals surface area contributed by atoms with E-state index in [9.17, 15) is 19.2 Å². The number of hydrogen-bond donors (Lipinski definition) is 7. The number of nitrogens with zero attached hydrogens (tertiary/aromatic N) is 1. The lowest BCUT2D eigenvalue weighted by atomic mass is 10.0. The minimum Gasteiger partial charge on any atom is -0.481 e. The van der Waals surface area contributed by atoms with E-state index in [1.807, 2.05) is 13.8 Å². The zero-order valence-electron chi connectivity index (χ0n) is 16.1. The van der Waals surface area contributed by atoms with Gasteiger partial charge in [-0.05, 0) is 25.2 Å². The Morgan fingerprint density at radius 2 is 1.57 bits per heavy atom. The van der Waals surface area contributed by atoms with Gasteiger partial charge in [0.25, 0.3) is 0 Å². The number of carboxylic acids is 2. The van der Waals surface area contributed by atoms with Gasteiger partial charge in [-0.3, -0.25) is 19.4 Å². The summed E-state index contributed by atoms with van der Waals surface area (Å²) in [6, 6.07) is -3.57. The molecule has 0 aliphatic carbocycles. The standard InChI is InChI=1S/C16H30N6O6/c1-8(2)6-10(14(26)22-11(15(27)28)7-12(23)24)21-13(25)9(17)4-3-5-20-16(18)19/h8-11H,3-7,17H2,1-2H3,(H,21,25)(H,22,26)(H,23,24)(H,27,28)(H4,18,19,20)/t9-,10-,11-/m0/s1. The predicted octanol–water partition coefficient (Wildman–Crippen LogP) is -2.06. The van der Waals surface area contributed by atoms with Crippen LogP contribution in [0.3, 0.4) is 0 Å². The van der Waals surface area contributed by atoms with Crippen LogP contribution >= 0.6 is 0 Å². The van der Waals surface area contributed by atoms with E-state index in [1.54, 1.807) is 0 Å². The van der Waals surface area contributed by atoms with Crippen LogP contribution < -0.4 is 27.8 Å². The summed E-state index contributed by atoms with van der Waals surface area (Å²) in [5, 5.41) is 22.4. The van der Waals surface area contributed by atoms with Gasteiger partial charge < -0.3 is 38.0 Å². The molecule has 0 aromatic heterocycles. The first-order chi connectivity index (χ1) is 12.9. The maximum atomic E-state index is 12.4. The number of aliphatic imine (C=N–C) groups is 1. The number of carboxylic acid groups (broad SMARTS) is 2. The number of nitrogens with one attached hydrogen (secondary N) is 2. The van der Waals surface area contributed by atoms with Crippen LogP contribution in [0.25, 0.3) is 0 Å². The number of nitrogens with two attached hydrogens (primary N) is 3. The van der Waals surface area contributed by atoms with Gasteiger partial charge in [0.1, 0.15) is 12.1 Å². The highest BCUT2D eigenvalue weighted by Crippen LogP contribution is 2.07. The Morgan fingerprint density at radius 3 is 2.04 bits per heavy atom. The molecular formula is C16H30N6O6. The van der Waals surface area contributed by atoms with Crippen molar-refractivity contribution >= 4 is 29.7 Å². The van der Waals surface area contributed by atoms with Crippen molar-refractivity contribution in [3.63, 3.8) is 0 Å². The fourth-order valence-corrected chi connectivity index (χ4v) is 2.28. The molecule has 0 rings (SSSR count). The summed E-state index contributed by atoms with van der Waals surface area (Å²) in [4.78, 5) is 50.3. The summed E-state index contributed by atoms with van der Waals surface area (Å²) >= 11 is 0. The van der Waals surface area contributed by atoms with Gasteiger partial charge in [0.05, 0.1) is 12.5 Å². The minimum absolute atomic E-state index is 0.00288. The van der Waals surface area contributed by atoms with E-state index in [2.05, 4.69) is 15.6 Å². The molecule has 0 aromatic rings. The number of aliphatic carboxylic acids is 2. The van der Waals surface area contributed by atoms with Crippen molar-refractivity contribution in [3.8, 4) is 0 Å². The summed E-state index contributed by atoms with van der Waals surface area (Å²) in [7, 11) is 0. The summed E-state index contributed by atoms with van der Waals surface area (Å²) in [6.07, 6.45) is 0.161. The second-order valence-corrected chi connectivity index (χ2v) is 6.74. The van der Waals surface area contributed by atoms with Crippen molar-refractivity contribution in [1.82, 2.24) is 10.6 Å². The third kappa shape index (κ3) is 11.0.